The molecular weight excluding hydrogens is 276 g/mol. The van der Waals surface area contributed by atoms with Crippen molar-refractivity contribution in [3.8, 4) is 0 Å². The van der Waals surface area contributed by atoms with Crippen LogP contribution < -0.4 is 5.32 Å². The Labute approximate surface area is 120 Å². The van der Waals surface area contributed by atoms with Crippen molar-refractivity contribution in [1.29, 1.82) is 0 Å². The van der Waals surface area contributed by atoms with Gasteiger partial charge >= 0.3 is 0 Å². The van der Waals surface area contributed by atoms with Crippen molar-refractivity contribution in [2.24, 2.45) is 0 Å². The van der Waals surface area contributed by atoms with E-state index in [4.69, 9.17) is 0 Å². The molecule has 0 aliphatic heterocycles. The molecule has 1 aromatic carbocycles. The fourth-order valence-electron chi connectivity index (χ4n) is 1.90. The molecule has 0 fully saturated rings. The van der Waals surface area contributed by atoms with E-state index in [0.717, 1.165) is 12.2 Å². The minimum Gasteiger partial charge on any atom is -0.304 e. The van der Waals surface area contributed by atoms with Crippen molar-refractivity contribution >= 4 is 22.1 Å². The second-order valence-corrected chi connectivity index (χ2v) is 6.86. The minimum atomic E-state index is -0.824. The summed E-state index contributed by atoms with van der Waals surface area (Å²) in [7, 11) is -0.824. The molecule has 0 saturated heterocycles. The lowest BCUT2D eigenvalue weighted by molar-refractivity contribution is 0.576. The summed E-state index contributed by atoms with van der Waals surface area (Å²) >= 11 is 1.66. The molecule has 102 valence electrons. The molecule has 0 radical (unpaired) electrons. The van der Waals surface area contributed by atoms with Gasteiger partial charge in [-0.3, -0.25) is 4.21 Å². The zero-order chi connectivity index (χ0) is 13.7. The monoisotopic (exact) mass is 294 g/mol. The zero-order valence-corrected chi connectivity index (χ0v) is 12.8. The number of nitrogens with one attached hydrogen (secondary N) is 1. The first kappa shape index (κ1) is 14.4. The van der Waals surface area contributed by atoms with Gasteiger partial charge in [0.25, 0.3) is 0 Å². The van der Waals surface area contributed by atoms with Crippen LogP contribution in [0.25, 0.3) is 0 Å². The van der Waals surface area contributed by atoms with Crippen molar-refractivity contribution in [2.45, 2.75) is 19.5 Å². The SMILES string of the molecule is Cc1ncsc1CN[C@@H](C[S@@](C)=O)c1ccccc1. The van der Waals surface area contributed by atoms with Crippen LogP contribution >= 0.6 is 11.3 Å². The smallest absolute Gasteiger partial charge is 0.0798 e. The molecule has 5 heteroatoms. The van der Waals surface area contributed by atoms with Crippen LogP contribution in [0.4, 0.5) is 0 Å². The lowest BCUT2D eigenvalue weighted by atomic mass is 10.1. The average Bonchev–Trinajstić information content (AvgIpc) is 2.81. The van der Waals surface area contributed by atoms with Crippen LogP contribution in [-0.4, -0.2) is 21.2 Å². The maximum atomic E-state index is 11.5. The average molecular weight is 294 g/mol. The Bertz CT molecular complexity index is 539. The van der Waals surface area contributed by atoms with Gasteiger partial charge in [-0.25, -0.2) is 4.98 Å². The number of thiazole rings is 1. The summed E-state index contributed by atoms with van der Waals surface area (Å²) in [5.74, 6) is 0.627. The van der Waals surface area contributed by atoms with E-state index < -0.39 is 10.8 Å². The van der Waals surface area contributed by atoms with Gasteiger partial charge in [-0.2, -0.15) is 0 Å². The number of rotatable bonds is 6. The third kappa shape index (κ3) is 4.23. The van der Waals surface area contributed by atoms with Crippen LogP contribution in [0, 0.1) is 6.92 Å². The lowest BCUT2D eigenvalue weighted by Gasteiger charge is -2.17. The van der Waals surface area contributed by atoms with Crippen molar-refractivity contribution in [1.82, 2.24) is 10.3 Å². The highest BCUT2D eigenvalue weighted by atomic mass is 32.2. The summed E-state index contributed by atoms with van der Waals surface area (Å²) in [5, 5.41) is 3.49. The second kappa shape index (κ2) is 6.93. The van der Waals surface area contributed by atoms with E-state index >= 15 is 0 Å². The predicted molar refractivity (Wildman–Crippen MR) is 81.8 cm³/mol. The molecule has 0 spiro atoms. The van der Waals surface area contributed by atoms with E-state index in [2.05, 4.69) is 22.4 Å². The summed E-state index contributed by atoms with van der Waals surface area (Å²) < 4.78 is 11.5. The number of hydrogen-bond acceptors (Lipinski definition) is 4. The van der Waals surface area contributed by atoms with Gasteiger partial charge in [-0.05, 0) is 12.5 Å². The highest BCUT2D eigenvalue weighted by molar-refractivity contribution is 7.84. The number of benzene rings is 1. The van der Waals surface area contributed by atoms with E-state index in [1.165, 1.54) is 10.4 Å². The number of aromatic nitrogens is 1. The molecule has 3 nitrogen and oxygen atoms in total. The number of aryl methyl sites for hydroxylation is 1. The Hall–Kier alpha value is -1.04. The van der Waals surface area contributed by atoms with E-state index in [1.807, 2.05) is 30.6 Å². The Morgan fingerprint density at radius 1 is 1.37 bits per heavy atom. The first-order valence-electron chi connectivity index (χ1n) is 6.14. The Morgan fingerprint density at radius 2 is 2.11 bits per heavy atom. The topological polar surface area (TPSA) is 42.0 Å². The standard InChI is InChI=1S/C14H18N2OS2/c1-11-14(18-10-16-11)8-15-13(9-19(2)17)12-6-4-3-5-7-12/h3-7,10,13,15H,8-9H2,1-2H3/t13-,19+/m0/s1. The number of hydrogen-bond donors (Lipinski definition) is 1. The van der Waals surface area contributed by atoms with Crippen LogP contribution in [0.5, 0.6) is 0 Å². The van der Waals surface area contributed by atoms with Gasteiger partial charge in [-0.15, -0.1) is 11.3 Å². The van der Waals surface area contributed by atoms with Gasteiger partial charge in [0.05, 0.1) is 11.2 Å². The van der Waals surface area contributed by atoms with Gasteiger partial charge in [-0.1, -0.05) is 30.3 Å². The quantitative estimate of drug-likeness (QED) is 0.890. The molecule has 0 aliphatic carbocycles. The first-order chi connectivity index (χ1) is 9.16. The van der Waals surface area contributed by atoms with E-state index in [-0.39, 0.29) is 6.04 Å². The third-order valence-electron chi connectivity index (χ3n) is 2.96. The van der Waals surface area contributed by atoms with Crippen LogP contribution in [0.15, 0.2) is 35.8 Å². The van der Waals surface area contributed by atoms with Gasteiger partial charge < -0.3 is 5.32 Å². The summed E-state index contributed by atoms with van der Waals surface area (Å²) in [6.07, 6.45) is 1.75. The van der Waals surface area contributed by atoms with E-state index in [1.54, 1.807) is 17.6 Å². The van der Waals surface area contributed by atoms with Crippen molar-refractivity contribution in [3.05, 3.63) is 52.0 Å². The fourth-order valence-corrected chi connectivity index (χ4v) is 3.41. The summed E-state index contributed by atoms with van der Waals surface area (Å²) in [5.41, 5.74) is 4.11. The summed E-state index contributed by atoms with van der Waals surface area (Å²) in [6, 6.07) is 10.3. The lowest BCUT2D eigenvalue weighted by Crippen LogP contribution is -2.25. The highest BCUT2D eigenvalue weighted by Crippen LogP contribution is 2.17. The first-order valence-corrected chi connectivity index (χ1v) is 8.75. The highest BCUT2D eigenvalue weighted by Gasteiger charge is 2.13. The van der Waals surface area contributed by atoms with Crippen LogP contribution in [0.1, 0.15) is 22.2 Å². The van der Waals surface area contributed by atoms with Crippen LogP contribution in [-0.2, 0) is 17.3 Å². The van der Waals surface area contributed by atoms with Gasteiger partial charge in [0.2, 0.25) is 0 Å². The van der Waals surface area contributed by atoms with Crippen molar-refractivity contribution in [3.63, 3.8) is 0 Å². The summed E-state index contributed by atoms with van der Waals surface area (Å²) in [6.45, 7) is 2.79. The maximum absolute atomic E-state index is 11.5. The van der Waals surface area contributed by atoms with Gasteiger partial charge in [0.1, 0.15) is 0 Å². The Kier molecular flexibility index (Phi) is 5.24. The van der Waals surface area contributed by atoms with Crippen molar-refractivity contribution < 1.29 is 4.21 Å². The third-order valence-corrected chi connectivity index (χ3v) is 4.70. The Morgan fingerprint density at radius 3 is 2.68 bits per heavy atom. The minimum absolute atomic E-state index is 0.119. The molecule has 0 unspecified atom stereocenters. The van der Waals surface area contributed by atoms with Gasteiger partial charge in [0, 0.05) is 40.3 Å². The molecule has 2 atom stereocenters. The largest absolute Gasteiger partial charge is 0.304 e. The summed E-state index contributed by atoms with van der Waals surface area (Å²) in [4.78, 5) is 5.49. The normalized spacial score (nSPS) is 14.2. The maximum Gasteiger partial charge on any atom is 0.0798 e. The van der Waals surface area contributed by atoms with E-state index in [9.17, 15) is 4.21 Å². The van der Waals surface area contributed by atoms with Crippen molar-refractivity contribution in [2.75, 3.05) is 12.0 Å². The predicted octanol–water partition coefficient (Wildman–Crippen LogP) is 2.66. The molecule has 0 saturated carbocycles. The molecule has 0 aliphatic rings. The number of nitrogens with zero attached hydrogens (tertiary/aromatic N) is 1. The molecule has 2 rings (SSSR count). The molecule has 1 N–H and O–H groups in total. The van der Waals surface area contributed by atoms with Gasteiger partial charge in [0.15, 0.2) is 0 Å². The molecule has 2 aromatic rings. The fraction of sp³-hybridized carbons (Fsp3) is 0.357. The molecule has 1 aromatic heterocycles. The molecule has 0 amide bonds. The van der Waals surface area contributed by atoms with Crippen LogP contribution in [0.3, 0.4) is 0 Å². The molecular formula is C14H18N2OS2. The second-order valence-electron chi connectivity index (χ2n) is 4.44. The zero-order valence-electron chi connectivity index (χ0n) is 11.1. The molecule has 0 bridgehead atoms. The van der Waals surface area contributed by atoms with E-state index in [0.29, 0.717) is 5.75 Å². The Balaban J connectivity index is 2.06. The van der Waals surface area contributed by atoms with Crippen LogP contribution in [0.2, 0.25) is 0 Å². The molecule has 19 heavy (non-hydrogen) atoms. The molecule has 1 heterocycles.